The number of ether oxygens (including phenoxy) is 1. The molecule has 1 aromatic rings. The highest BCUT2D eigenvalue weighted by Gasteiger charge is 2.32. The van der Waals surface area contributed by atoms with E-state index in [1.54, 1.807) is 6.92 Å². The number of halogens is 1. The topological polar surface area (TPSA) is 107 Å². The number of hydrogen-bond donors (Lipinski definition) is 2. The third kappa shape index (κ3) is 3.10. The van der Waals surface area contributed by atoms with Crippen molar-refractivity contribution in [2.24, 2.45) is 0 Å². The molecule has 1 amide bonds. The van der Waals surface area contributed by atoms with Crippen LogP contribution in [-0.4, -0.2) is 29.6 Å². The zero-order valence-corrected chi connectivity index (χ0v) is 11.5. The highest BCUT2D eigenvalue weighted by molar-refractivity contribution is 6.01. The van der Waals surface area contributed by atoms with E-state index in [1.807, 2.05) is 0 Å². The quantitative estimate of drug-likeness (QED) is 0.500. The van der Waals surface area contributed by atoms with Gasteiger partial charge in [-0.25, -0.2) is 4.39 Å². The van der Waals surface area contributed by atoms with Gasteiger partial charge in [-0.2, -0.15) is 0 Å². The summed E-state index contributed by atoms with van der Waals surface area (Å²) in [5.41, 5.74) is 3.45. The Hall–Kier alpha value is -2.22. The number of carbonyl (C=O) groups is 1. The molecule has 7 nitrogen and oxygen atoms in total. The van der Waals surface area contributed by atoms with Crippen molar-refractivity contribution in [3.8, 4) is 0 Å². The molecule has 114 valence electrons. The molecule has 1 aliphatic rings. The van der Waals surface area contributed by atoms with Gasteiger partial charge in [-0.3, -0.25) is 14.9 Å². The third-order valence-corrected chi connectivity index (χ3v) is 3.45. The maximum atomic E-state index is 13.8. The van der Waals surface area contributed by atoms with Crippen LogP contribution >= 0.6 is 0 Å². The van der Waals surface area contributed by atoms with Gasteiger partial charge in [0.2, 0.25) is 0 Å². The summed E-state index contributed by atoms with van der Waals surface area (Å²) in [5.74, 6) is -1.67. The summed E-state index contributed by atoms with van der Waals surface area (Å²) >= 11 is 0. The van der Waals surface area contributed by atoms with Crippen LogP contribution in [0.25, 0.3) is 0 Å². The van der Waals surface area contributed by atoms with Crippen molar-refractivity contribution < 1.29 is 18.8 Å². The second-order valence-corrected chi connectivity index (χ2v) is 5.28. The van der Waals surface area contributed by atoms with Crippen LogP contribution in [0, 0.1) is 15.9 Å². The summed E-state index contributed by atoms with van der Waals surface area (Å²) in [7, 11) is 0. The molecule has 0 bridgehead atoms. The summed E-state index contributed by atoms with van der Waals surface area (Å²) in [6, 6.07) is 1.80. The van der Waals surface area contributed by atoms with Gasteiger partial charge >= 0.3 is 0 Å². The maximum absolute atomic E-state index is 13.8. The lowest BCUT2D eigenvalue weighted by Crippen LogP contribution is -2.51. The zero-order chi connectivity index (χ0) is 15.6. The van der Waals surface area contributed by atoms with Crippen molar-refractivity contribution in [3.05, 3.63) is 33.6 Å². The number of nitro groups is 1. The van der Waals surface area contributed by atoms with Crippen LogP contribution in [0.15, 0.2) is 12.1 Å². The van der Waals surface area contributed by atoms with Gasteiger partial charge in [0.05, 0.1) is 17.1 Å². The molecule has 0 saturated carbocycles. The average molecular weight is 297 g/mol. The molecule has 8 heteroatoms. The van der Waals surface area contributed by atoms with Gasteiger partial charge in [0.25, 0.3) is 11.6 Å². The first-order valence-corrected chi connectivity index (χ1v) is 6.47. The summed E-state index contributed by atoms with van der Waals surface area (Å²) in [5, 5.41) is 13.5. The van der Waals surface area contributed by atoms with Crippen LogP contribution in [0.4, 0.5) is 15.8 Å². The van der Waals surface area contributed by atoms with E-state index in [2.05, 4.69) is 5.32 Å². The lowest BCUT2D eigenvalue weighted by atomic mass is 9.94. The Kier molecular flexibility index (Phi) is 4.08. The Morgan fingerprint density at radius 2 is 2.29 bits per heavy atom. The molecule has 1 fully saturated rings. The average Bonchev–Trinajstić information content (AvgIpc) is 2.38. The molecule has 1 unspecified atom stereocenters. The van der Waals surface area contributed by atoms with E-state index in [-0.39, 0.29) is 0 Å². The number of nitrogens with one attached hydrogen (secondary N) is 1. The van der Waals surface area contributed by atoms with E-state index in [0.717, 1.165) is 18.6 Å². The molecule has 0 aromatic heterocycles. The molecule has 1 heterocycles. The van der Waals surface area contributed by atoms with Gasteiger partial charge in [-0.1, -0.05) is 0 Å². The minimum absolute atomic E-state index is 0.301. The van der Waals surface area contributed by atoms with E-state index in [4.69, 9.17) is 10.5 Å². The monoisotopic (exact) mass is 297 g/mol. The minimum atomic E-state index is -0.893. The van der Waals surface area contributed by atoms with Crippen molar-refractivity contribution in [3.63, 3.8) is 0 Å². The second kappa shape index (κ2) is 5.65. The standard InChI is InChI=1S/C13H16FN3O4/c1-13(5-2-6-21-7-13)16-12(18)10-8(14)3-4-9(11(10)15)17(19)20/h3-4H,2,5-7,15H2,1H3,(H,16,18). The molecule has 0 radical (unpaired) electrons. The summed E-state index contributed by atoms with van der Waals surface area (Å²) < 4.78 is 19.1. The number of amides is 1. The number of nitro benzene ring substituents is 1. The van der Waals surface area contributed by atoms with Crippen LogP contribution in [0.2, 0.25) is 0 Å². The van der Waals surface area contributed by atoms with Crippen molar-refractivity contribution in [2.45, 2.75) is 25.3 Å². The Labute approximate surface area is 120 Å². The van der Waals surface area contributed by atoms with Crippen molar-refractivity contribution in [2.75, 3.05) is 18.9 Å². The molecular weight excluding hydrogens is 281 g/mol. The first kappa shape index (κ1) is 15.2. The fraction of sp³-hybridized carbons (Fsp3) is 0.462. The van der Waals surface area contributed by atoms with Crippen LogP contribution < -0.4 is 11.1 Å². The van der Waals surface area contributed by atoms with E-state index >= 15 is 0 Å². The summed E-state index contributed by atoms with van der Waals surface area (Å²) in [6.07, 6.45) is 1.44. The number of carbonyl (C=O) groups excluding carboxylic acids is 1. The number of nitrogens with two attached hydrogens (primary N) is 1. The molecule has 1 atom stereocenters. The lowest BCUT2D eigenvalue weighted by Gasteiger charge is -2.34. The van der Waals surface area contributed by atoms with Crippen LogP contribution in [0.5, 0.6) is 0 Å². The summed E-state index contributed by atoms with van der Waals surface area (Å²) in [4.78, 5) is 22.3. The van der Waals surface area contributed by atoms with Crippen molar-refractivity contribution in [1.82, 2.24) is 5.32 Å². The van der Waals surface area contributed by atoms with E-state index in [0.29, 0.717) is 19.6 Å². The Bertz CT molecular complexity index is 585. The zero-order valence-electron chi connectivity index (χ0n) is 11.5. The molecule has 3 N–H and O–H groups in total. The summed E-state index contributed by atoms with van der Waals surface area (Å²) in [6.45, 7) is 2.68. The maximum Gasteiger partial charge on any atom is 0.293 e. The third-order valence-electron chi connectivity index (χ3n) is 3.45. The fourth-order valence-electron chi connectivity index (χ4n) is 2.34. The number of nitrogen functional groups attached to an aromatic ring is 1. The molecule has 1 saturated heterocycles. The molecule has 21 heavy (non-hydrogen) atoms. The minimum Gasteiger partial charge on any atom is -0.392 e. The Morgan fingerprint density at radius 3 is 2.86 bits per heavy atom. The normalized spacial score (nSPS) is 21.8. The molecule has 1 aliphatic heterocycles. The highest BCUT2D eigenvalue weighted by atomic mass is 19.1. The van der Waals surface area contributed by atoms with Gasteiger partial charge in [-0.05, 0) is 25.8 Å². The predicted octanol–water partition coefficient (Wildman–Crippen LogP) is 1.61. The van der Waals surface area contributed by atoms with E-state index in [1.165, 1.54) is 0 Å². The molecule has 0 spiro atoms. The Balaban J connectivity index is 2.30. The van der Waals surface area contributed by atoms with Gasteiger partial charge in [-0.15, -0.1) is 0 Å². The SMILES string of the molecule is CC1(NC(=O)c2c(F)ccc([N+](=O)[O-])c2N)CCCOC1. The number of anilines is 1. The Morgan fingerprint density at radius 1 is 1.57 bits per heavy atom. The number of rotatable bonds is 3. The molecule has 0 aliphatic carbocycles. The van der Waals surface area contributed by atoms with Gasteiger partial charge < -0.3 is 15.8 Å². The van der Waals surface area contributed by atoms with Gasteiger partial charge in [0.1, 0.15) is 17.1 Å². The second-order valence-electron chi connectivity index (χ2n) is 5.28. The van der Waals surface area contributed by atoms with Crippen LogP contribution in [0.3, 0.4) is 0 Å². The lowest BCUT2D eigenvalue weighted by molar-refractivity contribution is -0.384. The molecule has 1 aromatic carbocycles. The number of nitrogens with zero attached hydrogens (tertiary/aromatic N) is 1. The van der Waals surface area contributed by atoms with Gasteiger partial charge in [0, 0.05) is 12.7 Å². The molecular formula is C13H16FN3O4. The smallest absolute Gasteiger partial charge is 0.293 e. The number of benzene rings is 1. The fourth-order valence-corrected chi connectivity index (χ4v) is 2.34. The van der Waals surface area contributed by atoms with E-state index in [9.17, 15) is 19.3 Å². The number of hydrogen-bond acceptors (Lipinski definition) is 5. The van der Waals surface area contributed by atoms with Crippen LogP contribution in [0.1, 0.15) is 30.1 Å². The van der Waals surface area contributed by atoms with Gasteiger partial charge in [0.15, 0.2) is 0 Å². The molecule has 2 rings (SSSR count). The largest absolute Gasteiger partial charge is 0.392 e. The van der Waals surface area contributed by atoms with Crippen molar-refractivity contribution >= 4 is 17.3 Å². The predicted molar refractivity (Wildman–Crippen MR) is 73.4 cm³/mol. The van der Waals surface area contributed by atoms with Crippen molar-refractivity contribution in [1.29, 1.82) is 0 Å². The first-order chi connectivity index (χ1) is 9.84. The highest BCUT2D eigenvalue weighted by Crippen LogP contribution is 2.28. The van der Waals surface area contributed by atoms with E-state index < -0.39 is 39.1 Å². The first-order valence-electron chi connectivity index (χ1n) is 6.47. The van der Waals surface area contributed by atoms with Crippen LogP contribution in [-0.2, 0) is 4.74 Å².